The Morgan fingerprint density at radius 1 is 1.24 bits per heavy atom. The fourth-order valence-electron chi connectivity index (χ4n) is 1.70. The maximum atomic E-state index is 13.1. The molecule has 0 amide bonds. The van der Waals surface area contributed by atoms with E-state index in [0.717, 1.165) is 17.7 Å². The van der Waals surface area contributed by atoms with Gasteiger partial charge in [0.05, 0.1) is 6.26 Å². The highest BCUT2D eigenvalue weighted by molar-refractivity contribution is 5.31. The van der Waals surface area contributed by atoms with Crippen molar-refractivity contribution < 1.29 is 13.2 Å². The van der Waals surface area contributed by atoms with Gasteiger partial charge in [0.15, 0.2) is 11.6 Å². The predicted molar refractivity (Wildman–Crippen MR) is 59.0 cm³/mol. The van der Waals surface area contributed by atoms with Crippen LogP contribution in [0.25, 0.3) is 0 Å². The van der Waals surface area contributed by atoms with Crippen LogP contribution in [-0.4, -0.2) is 0 Å². The lowest BCUT2D eigenvalue weighted by Crippen LogP contribution is -2.29. The van der Waals surface area contributed by atoms with Gasteiger partial charge in [-0.25, -0.2) is 14.2 Å². The van der Waals surface area contributed by atoms with E-state index < -0.39 is 17.7 Å². The minimum atomic E-state index is -0.910. The molecule has 90 valence electrons. The van der Waals surface area contributed by atoms with Gasteiger partial charge in [-0.05, 0) is 36.2 Å². The zero-order valence-corrected chi connectivity index (χ0v) is 9.21. The quantitative estimate of drug-likeness (QED) is 0.637. The molecule has 5 heteroatoms. The van der Waals surface area contributed by atoms with Crippen LogP contribution >= 0.6 is 0 Å². The molecule has 0 radical (unpaired) electrons. The summed E-state index contributed by atoms with van der Waals surface area (Å²) < 4.78 is 31.3. The lowest BCUT2D eigenvalue weighted by Gasteiger charge is -2.15. The number of furan rings is 1. The molecule has 0 bridgehead atoms. The molecule has 1 atom stereocenters. The fraction of sp³-hybridized carbons (Fsp3) is 0.167. The third kappa shape index (κ3) is 2.20. The zero-order chi connectivity index (χ0) is 12.4. The lowest BCUT2D eigenvalue weighted by molar-refractivity contribution is 0.445. The number of aryl methyl sites for hydroxylation is 1. The summed E-state index contributed by atoms with van der Waals surface area (Å²) in [5.74, 6) is 4.21. The molecule has 1 aromatic carbocycles. The normalized spacial score (nSPS) is 12.7. The van der Waals surface area contributed by atoms with Crippen molar-refractivity contribution in [1.29, 1.82) is 0 Å². The molecule has 0 saturated carbocycles. The number of benzene rings is 1. The topological polar surface area (TPSA) is 51.2 Å². The Kier molecular flexibility index (Phi) is 3.21. The lowest BCUT2D eigenvalue weighted by atomic mass is 10.0. The van der Waals surface area contributed by atoms with E-state index in [9.17, 15) is 8.78 Å². The van der Waals surface area contributed by atoms with Crippen LogP contribution in [-0.2, 0) is 0 Å². The van der Waals surface area contributed by atoms with E-state index in [2.05, 4.69) is 5.43 Å². The molecule has 2 aromatic rings. The van der Waals surface area contributed by atoms with E-state index in [-0.39, 0.29) is 0 Å². The van der Waals surface area contributed by atoms with Gasteiger partial charge in [-0.1, -0.05) is 6.07 Å². The molecule has 0 fully saturated rings. The Morgan fingerprint density at radius 3 is 2.53 bits per heavy atom. The number of nitrogens with two attached hydrogens (primary N) is 1. The van der Waals surface area contributed by atoms with Crippen LogP contribution in [0.2, 0.25) is 0 Å². The van der Waals surface area contributed by atoms with Gasteiger partial charge in [0.2, 0.25) is 0 Å². The van der Waals surface area contributed by atoms with Gasteiger partial charge in [-0.15, -0.1) is 0 Å². The van der Waals surface area contributed by atoms with Gasteiger partial charge in [-0.2, -0.15) is 0 Å². The largest absolute Gasteiger partial charge is 0.467 e. The highest BCUT2D eigenvalue weighted by Gasteiger charge is 2.19. The van der Waals surface area contributed by atoms with E-state index in [1.807, 2.05) is 6.92 Å². The number of hydrogen-bond donors (Lipinski definition) is 2. The first-order valence-corrected chi connectivity index (χ1v) is 5.08. The Morgan fingerprint density at radius 2 is 2.00 bits per heavy atom. The van der Waals surface area contributed by atoms with Crippen LogP contribution in [0.4, 0.5) is 8.78 Å². The third-order valence-corrected chi connectivity index (χ3v) is 2.61. The van der Waals surface area contributed by atoms with Crippen LogP contribution in [0, 0.1) is 18.6 Å². The molecule has 0 aliphatic carbocycles. The molecule has 17 heavy (non-hydrogen) atoms. The summed E-state index contributed by atoms with van der Waals surface area (Å²) in [6.07, 6.45) is 1.52. The average Bonchev–Trinajstić information content (AvgIpc) is 2.71. The standard InChI is InChI=1S/C12H12F2N2O/c1-7-4-5-17-12(7)11(16-15)8-2-3-9(13)10(14)6-8/h2-6,11,16H,15H2,1H3. The molecular formula is C12H12F2N2O. The minimum Gasteiger partial charge on any atom is -0.467 e. The first-order chi connectivity index (χ1) is 8.13. The minimum absolute atomic E-state index is 0.500. The molecule has 2 rings (SSSR count). The van der Waals surface area contributed by atoms with E-state index in [4.69, 9.17) is 10.3 Å². The molecule has 0 aliphatic heterocycles. The molecule has 0 saturated heterocycles. The molecule has 3 N–H and O–H groups in total. The van der Waals surface area contributed by atoms with Crippen molar-refractivity contribution in [3.63, 3.8) is 0 Å². The monoisotopic (exact) mass is 238 g/mol. The van der Waals surface area contributed by atoms with Crippen molar-refractivity contribution in [2.45, 2.75) is 13.0 Å². The van der Waals surface area contributed by atoms with Gasteiger partial charge in [-0.3, -0.25) is 5.84 Å². The summed E-state index contributed by atoms with van der Waals surface area (Å²) in [4.78, 5) is 0. The molecule has 0 aliphatic rings. The number of hydrogen-bond acceptors (Lipinski definition) is 3. The Bertz CT molecular complexity index is 525. The maximum absolute atomic E-state index is 13.1. The summed E-state index contributed by atoms with van der Waals surface area (Å²) in [5.41, 5.74) is 3.92. The van der Waals surface area contributed by atoms with Crippen molar-refractivity contribution in [1.82, 2.24) is 5.43 Å². The molecule has 1 aromatic heterocycles. The van der Waals surface area contributed by atoms with Gasteiger partial charge in [0.25, 0.3) is 0 Å². The number of hydrazine groups is 1. The summed E-state index contributed by atoms with van der Waals surface area (Å²) in [6.45, 7) is 1.85. The van der Waals surface area contributed by atoms with Crippen molar-refractivity contribution in [3.05, 3.63) is 59.1 Å². The summed E-state index contributed by atoms with van der Waals surface area (Å²) in [6, 6.07) is 4.90. The van der Waals surface area contributed by atoms with Crippen LogP contribution in [0.1, 0.15) is 22.9 Å². The molecule has 1 unspecified atom stereocenters. The highest BCUT2D eigenvalue weighted by atomic mass is 19.2. The van der Waals surface area contributed by atoms with Crippen molar-refractivity contribution in [2.24, 2.45) is 5.84 Å². The van der Waals surface area contributed by atoms with Crippen LogP contribution < -0.4 is 11.3 Å². The second-order valence-electron chi connectivity index (χ2n) is 3.74. The first kappa shape index (κ1) is 11.8. The van der Waals surface area contributed by atoms with Crippen molar-refractivity contribution >= 4 is 0 Å². The Balaban J connectivity index is 2.42. The number of nitrogens with one attached hydrogen (secondary N) is 1. The van der Waals surface area contributed by atoms with Crippen LogP contribution in [0.3, 0.4) is 0 Å². The van der Waals surface area contributed by atoms with Crippen molar-refractivity contribution in [2.75, 3.05) is 0 Å². The predicted octanol–water partition coefficient (Wildman–Crippen LogP) is 2.42. The SMILES string of the molecule is Cc1ccoc1C(NN)c1ccc(F)c(F)c1. The van der Waals surface area contributed by atoms with Crippen molar-refractivity contribution in [3.8, 4) is 0 Å². The Labute approximate surface area is 97.2 Å². The van der Waals surface area contributed by atoms with Crippen LogP contribution in [0.15, 0.2) is 34.9 Å². The van der Waals surface area contributed by atoms with E-state index in [0.29, 0.717) is 11.3 Å². The number of halogens is 2. The van der Waals surface area contributed by atoms with Gasteiger partial charge >= 0.3 is 0 Å². The average molecular weight is 238 g/mol. The van der Waals surface area contributed by atoms with Gasteiger partial charge in [0, 0.05) is 0 Å². The fourth-order valence-corrected chi connectivity index (χ4v) is 1.70. The van der Waals surface area contributed by atoms with E-state index in [1.54, 1.807) is 6.07 Å². The van der Waals surface area contributed by atoms with Gasteiger partial charge < -0.3 is 4.42 Å². The summed E-state index contributed by atoms with van der Waals surface area (Å²) in [7, 11) is 0. The zero-order valence-electron chi connectivity index (χ0n) is 9.21. The highest BCUT2D eigenvalue weighted by Crippen LogP contribution is 2.25. The maximum Gasteiger partial charge on any atom is 0.159 e. The Hall–Kier alpha value is -1.72. The smallest absolute Gasteiger partial charge is 0.159 e. The summed E-state index contributed by atoms with van der Waals surface area (Å²) >= 11 is 0. The second kappa shape index (κ2) is 4.65. The molecular weight excluding hydrogens is 226 g/mol. The van der Waals surface area contributed by atoms with Crippen LogP contribution in [0.5, 0.6) is 0 Å². The second-order valence-corrected chi connectivity index (χ2v) is 3.74. The van der Waals surface area contributed by atoms with E-state index >= 15 is 0 Å². The molecule has 0 spiro atoms. The van der Waals surface area contributed by atoms with E-state index in [1.165, 1.54) is 12.3 Å². The molecule has 3 nitrogen and oxygen atoms in total. The van der Waals surface area contributed by atoms with Gasteiger partial charge in [0.1, 0.15) is 11.8 Å². The molecule has 1 heterocycles. The summed E-state index contributed by atoms with van der Waals surface area (Å²) in [5, 5.41) is 0. The number of rotatable bonds is 3. The third-order valence-electron chi connectivity index (χ3n) is 2.61. The first-order valence-electron chi connectivity index (χ1n) is 5.08.